The molecule has 70 valence electrons. The fraction of sp³-hybridized carbons (Fsp3) is 0.667. The van der Waals surface area contributed by atoms with Crippen molar-refractivity contribution in [1.82, 2.24) is 10.6 Å². The first-order valence-electron chi connectivity index (χ1n) is 3.34. The van der Waals surface area contributed by atoms with E-state index in [4.69, 9.17) is 5.11 Å². The summed E-state index contributed by atoms with van der Waals surface area (Å²) >= 11 is 0. The lowest BCUT2D eigenvalue weighted by molar-refractivity contribution is -0.124. The van der Waals surface area contributed by atoms with Crippen molar-refractivity contribution in [3.63, 3.8) is 0 Å². The molecule has 0 aromatic heterocycles. The largest absolute Gasteiger partial charge is 0.465 e. The van der Waals surface area contributed by atoms with E-state index >= 15 is 0 Å². The van der Waals surface area contributed by atoms with Crippen molar-refractivity contribution in [2.45, 2.75) is 13.0 Å². The first-order valence-corrected chi connectivity index (χ1v) is 3.34. The molecule has 6 heteroatoms. The molecule has 0 unspecified atom stereocenters. The second-order valence-corrected chi connectivity index (χ2v) is 2.15. The molecule has 0 rings (SSSR count). The maximum Gasteiger partial charge on any atom is 0.405 e. The Morgan fingerprint density at radius 3 is 2.58 bits per heavy atom. The Balaban J connectivity index is 3.69. The lowest BCUT2D eigenvalue weighted by Gasteiger charge is -2.10. The van der Waals surface area contributed by atoms with E-state index in [-0.39, 0.29) is 6.73 Å². The predicted molar refractivity (Wildman–Crippen MR) is 40.6 cm³/mol. The number of rotatable bonds is 4. The van der Waals surface area contributed by atoms with E-state index in [1.54, 1.807) is 0 Å². The molecule has 12 heavy (non-hydrogen) atoms. The van der Waals surface area contributed by atoms with Gasteiger partial charge in [0.15, 0.2) is 0 Å². The van der Waals surface area contributed by atoms with Gasteiger partial charge in [0.25, 0.3) is 0 Å². The van der Waals surface area contributed by atoms with Crippen LogP contribution in [0.5, 0.6) is 0 Å². The van der Waals surface area contributed by atoms with Crippen LogP contribution in [0.25, 0.3) is 0 Å². The summed E-state index contributed by atoms with van der Waals surface area (Å²) in [5.74, 6) is -0.417. The number of carbonyl (C=O) groups excluding carboxylic acids is 1. The van der Waals surface area contributed by atoms with Crippen LogP contribution in [0.15, 0.2) is 0 Å². The first-order chi connectivity index (χ1) is 5.57. The number of hydrogen-bond acceptors (Lipinski definition) is 3. The Morgan fingerprint density at radius 1 is 1.58 bits per heavy atom. The molecule has 0 aromatic carbocycles. The van der Waals surface area contributed by atoms with Crippen molar-refractivity contribution in [2.75, 3.05) is 13.8 Å². The average molecular weight is 176 g/mol. The van der Waals surface area contributed by atoms with Gasteiger partial charge >= 0.3 is 6.09 Å². The summed E-state index contributed by atoms with van der Waals surface area (Å²) in [7, 11) is 1.43. The van der Waals surface area contributed by atoms with Crippen LogP contribution in [-0.4, -0.2) is 37.0 Å². The molecule has 0 heterocycles. The maximum atomic E-state index is 10.9. The molecule has 2 amide bonds. The number of nitrogens with one attached hydrogen (secondary N) is 2. The van der Waals surface area contributed by atoms with Crippen molar-refractivity contribution < 1.29 is 19.4 Å². The van der Waals surface area contributed by atoms with Crippen LogP contribution >= 0.6 is 0 Å². The average Bonchev–Trinajstić information content (AvgIpc) is 1.98. The summed E-state index contributed by atoms with van der Waals surface area (Å²) in [5, 5.41) is 12.6. The summed E-state index contributed by atoms with van der Waals surface area (Å²) in [5.41, 5.74) is 0. The quantitative estimate of drug-likeness (QED) is 0.497. The molecular weight excluding hydrogens is 164 g/mol. The Bertz CT molecular complexity index is 171. The molecule has 0 spiro atoms. The van der Waals surface area contributed by atoms with Crippen molar-refractivity contribution in [3.05, 3.63) is 0 Å². The molecule has 0 radical (unpaired) electrons. The van der Waals surface area contributed by atoms with E-state index < -0.39 is 18.0 Å². The highest BCUT2D eigenvalue weighted by atomic mass is 16.5. The number of hydrogen-bond donors (Lipinski definition) is 3. The topological polar surface area (TPSA) is 87.7 Å². The van der Waals surface area contributed by atoms with Gasteiger partial charge in [-0.3, -0.25) is 4.79 Å². The van der Waals surface area contributed by atoms with E-state index in [0.717, 1.165) is 0 Å². The molecule has 0 bridgehead atoms. The fourth-order valence-corrected chi connectivity index (χ4v) is 0.547. The molecule has 0 aliphatic heterocycles. The zero-order valence-electron chi connectivity index (χ0n) is 6.96. The van der Waals surface area contributed by atoms with Crippen molar-refractivity contribution in [3.8, 4) is 0 Å². The third-order valence-corrected chi connectivity index (χ3v) is 1.12. The van der Waals surface area contributed by atoms with Crippen LogP contribution < -0.4 is 10.6 Å². The molecular formula is C6H12N2O4. The van der Waals surface area contributed by atoms with Gasteiger partial charge in [-0.25, -0.2) is 4.79 Å². The number of ether oxygens (including phenoxy) is 1. The van der Waals surface area contributed by atoms with E-state index in [2.05, 4.69) is 10.1 Å². The normalized spacial score (nSPS) is 11.8. The van der Waals surface area contributed by atoms with Crippen LogP contribution in [0, 0.1) is 0 Å². The monoisotopic (exact) mass is 176 g/mol. The first kappa shape index (κ1) is 10.7. The smallest absolute Gasteiger partial charge is 0.405 e. The lowest BCUT2D eigenvalue weighted by atomic mass is 10.3. The summed E-state index contributed by atoms with van der Waals surface area (Å²) in [6.45, 7) is 1.52. The summed E-state index contributed by atoms with van der Waals surface area (Å²) in [4.78, 5) is 21.0. The lowest BCUT2D eigenvalue weighted by Crippen LogP contribution is -2.44. The molecule has 0 aliphatic carbocycles. The maximum absolute atomic E-state index is 10.9. The summed E-state index contributed by atoms with van der Waals surface area (Å²) in [6, 6.07) is -0.766. The van der Waals surface area contributed by atoms with E-state index in [1.807, 2.05) is 5.32 Å². The Hall–Kier alpha value is -1.30. The SMILES string of the molecule is COCNC(=O)[C@H](C)NC(=O)O. The van der Waals surface area contributed by atoms with Crippen LogP contribution in [0.4, 0.5) is 4.79 Å². The fourth-order valence-electron chi connectivity index (χ4n) is 0.547. The molecule has 0 saturated heterocycles. The van der Waals surface area contributed by atoms with Gasteiger partial charge in [-0.1, -0.05) is 0 Å². The number of methoxy groups -OCH3 is 1. The Kier molecular flexibility index (Phi) is 4.78. The van der Waals surface area contributed by atoms with Crippen molar-refractivity contribution in [1.29, 1.82) is 0 Å². The van der Waals surface area contributed by atoms with Crippen LogP contribution in [0.2, 0.25) is 0 Å². The zero-order chi connectivity index (χ0) is 9.56. The standard InChI is InChI=1S/C6H12N2O4/c1-4(8-6(10)11)5(9)7-3-12-2/h4,8H,3H2,1-2H3,(H,7,9)(H,10,11)/t4-/m0/s1. The molecule has 0 saturated carbocycles. The summed E-state index contributed by atoms with van der Waals surface area (Å²) in [6.07, 6.45) is -1.23. The number of carboxylic acid groups (broad SMARTS) is 1. The van der Waals surface area contributed by atoms with Crippen molar-refractivity contribution >= 4 is 12.0 Å². The van der Waals surface area contributed by atoms with Gasteiger partial charge in [-0.15, -0.1) is 0 Å². The third kappa shape index (κ3) is 4.51. The van der Waals surface area contributed by atoms with E-state index in [1.165, 1.54) is 14.0 Å². The molecule has 6 nitrogen and oxygen atoms in total. The summed E-state index contributed by atoms with van der Waals surface area (Å²) < 4.78 is 4.56. The third-order valence-electron chi connectivity index (χ3n) is 1.12. The van der Waals surface area contributed by atoms with Crippen molar-refractivity contribution in [2.24, 2.45) is 0 Å². The highest BCUT2D eigenvalue weighted by Gasteiger charge is 2.13. The van der Waals surface area contributed by atoms with Gasteiger partial charge in [0.1, 0.15) is 12.8 Å². The number of carbonyl (C=O) groups is 2. The van der Waals surface area contributed by atoms with E-state index in [9.17, 15) is 9.59 Å². The van der Waals surface area contributed by atoms with Gasteiger partial charge in [0.2, 0.25) is 5.91 Å². The van der Waals surface area contributed by atoms with Gasteiger partial charge < -0.3 is 20.5 Å². The highest BCUT2D eigenvalue weighted by Crippen LogP contribution is 1.80. The van der Waals surface area contributed by atoms with Gasteiger partial charge in [0.05, 0.1) is 0 Å². The molecule has 0 aliphatic rings. The molecule has 0 fully saturated rings. The zero-order valence-corrected chi connectivity index (χ0v) is 6.96. The van der Waals surface area contributed by atoms with Gasteiger partial charge in [-0.05, 0) is 6.92 Å². The minimum Gasteiger partial charge on any atom is -0.465 e. The second-order valence-electron chi connectivity index (χ2n) is 2.15. The Labute approximate surface area is 69.9 Å². The van der Waals surface area contributed by atoms with Gasteiger partial charge in [0, 0.05) is 7.11 Å². The minimum absolute atomic E-state index is 0.0739. The van der Waals surface area contributed by atoms with Crippen LogP contribution in [0.3, 0.4) is 0 Å². The van der Waals surface area contributed by atoms with Crippen LogP contribution in [0.1, 0.15) is 6.92 Å². The minimum atomic E-state index is -1.23. The predicted octanol–water partition coefficient (Wildman–Crippen LogP) is -0.637. The molecule has 1 atom stereocenters. The molecule has 0 aromatic rings. The van der Waals surface area contributed by atoms with Crippen LogP contribution in [-0.2, 0) is 9.53 Å². The number of amides is 2. The van der Waals surface area contributed by atoms with E-state index in [0.29, 0.717) is 0 Å². The highest BCUT2D eigenvalue weighted by molar-refractivity contribution is 5.84. The molecule has 3 N–H and O–H groups in total. The van der Waals surface area contributed by atoms with Gasteiger partial charge in [-0.2, -0.15) is 0 Å². The second kappa shape index (κ2) is 5.36. The Morgan fingerprint density at radius 2 is 2.17 bits per heavy atom.